The van der Waals surface area contributed by atoms with Crippen molar-refractivity contribution in [2.75, 3.05) is 25.6 Å². The van der Waals surface area contributed by atoms with Crippen LogP contribution in [0.5, 0.6) is 0 Å². The van der Waals surface area contributed by atoms with Crippen LogP contribution in [0, 0.1) is 0 Å². The van der Waals surface area contributed by atoms with Gasteiger partial charge in [-0.25, -0.2) is 4.98 Å². The number of amides is 1. The summed E-state index contributed by atoms with van der Waals surface area (Å²) < 4.78 is 0. The molecule has 1 unspecified atom stereocenters. The number of rotatable bonds is 7. The standard InChI is InChI=1S/C18H22ClN3O2/c1-22(2)17-12-14(11-16(19)21-17)18(24)20-15(9-6-10-23)13-7-4-3-5-8-13/h3-5,7-8,11-12,15,23H,6,9-10H2,1-2H3,(H,20,24). The lowest BCUT2D eigenvalue weighted by molar-refractivity contribution is 0.0932. The van der Waals surface area contributed by atoms with Crippen LogP contribution in [0.25, 0.3) is 0 Å². The number of halogens is 1. The van der Waals surface area contributed by atoms with Gasteiger partial charge in [-0.05, 0) is 30.5 Å². The summed E-state index contributed by atoms with van der Waals surface area (Å²) in [6.45, 7) is 0.0884. The third kappa shape index (κ3) is 4.94. The summed E-state index contributed by atoms with van der Waals surface area (Å²) >= 11 is 6.02. The number of carbonyl (C=O) groups excluding carboxylic acids is 1. The van der Waals surface area contributed by atoms with Gasteiger partial charge >= 0.3 is 0 Å². The Balaban J connectivity index is 2.21. The van der Waals surface area contributed by atoms with E-state index in [0.717, 1.165) is 5.56 Å². The maximum absolute atomic E-state index is 12.6. The fourth-order valence-electron chi connectivity index (χ4n) is 2.39. The van der Waals surface area contributed by atoms with Gasteiger partial charge in [0, 0.05) is 26.3 Å². The number of nitrogens with zero attached hydrogens (tertiary/aromatic N) is 2. The number of aromatic nitrogens is 1. The molecular formula is C18H22ClN3O2. The maximum Gasteiger partial charge on any atom is 0.252 e. The molecule has 1 heterocycles. The molecule has 2 rings (SSSR count). The first-order valence-electron chi connectivity index (χ1n) is 7.83. The van der Waals surface area contributed by atoms with Gasteiger partial charge in [0.2, 0.25) is 0 Å². The van der Waals surface area contributed by atoms with E-state index in [2.05, 4.69) is 10.3 Å². The Labute approximate surface area is 147 Å². The highest BCUT2D eigenvalue weighted by atomic mass is 35.5. The summed E-state index contributed by atoms with van der Waals surface area (Å²) in [5.41, 5.74) is 1.47. The molecule has 0 radical (unpaired) electrons. The van der Waals surface area contributed by atoms with Crippen molar-refractivity contribution < 1.29 is 9.90 Å². The molecule has 6 heteroatoms. The summed E-state index contributed by atoms with van der Waals surface area (Å²) in [6, 6.07) is 12.8. The van der Waals surface area contributed by atoms with E-state index in [4.69, 9.17) is 16.7 Å². The van der Waals surface area contributed by atoms with E-state index in [1.165, 1.54) is 0 Å². The molecular weight excluding hydrogens is 326 g/mol. The molecule has 1 amide bonds. The summed E-state index contributed by atoms with van der Waals surface area (Å²) in [5, 5.41) is 12.4. The van der Waals surface area contributed by atoms with E-state index in [1.807, 2.05) is 44.4 Å². The van der Waals surface area contributed by atoms with Crippen molar-refractivity contribution in [2.24, 2.45) is 0 Å². The molecule has 128 valence electrons. The number of hydrogen-bond donors (Lipinski definition) is 2. The number of carbonyl (C=O) groups is 1. The van der Waals surface area contributed by atoms with Crippen LogP contribution in [0.2, 0.25) is 5.15 Å². The average Bonchev–Trinajstić information content (AvgIpc) is 2.58. The Morgan fingerprint density at radius 2 is 2.00 bits per heavy atom. The number of pyridine rings is 1. The van der Waals surface area contributed by atoms with E-state index in [-0.39, 0.29) is 23.7 Å². The molecule has 0 aliphatic rings. The summed E-state index contributed by atoms with van der Waals surface area (Å²) in [6.07, 6.45) is 1.27. The molecule has 24 heavy (non-hydrogen) atoms. The molecule has 2 N–H and O–H groups in total. The molecule has 0 aliphatic carbocycles. The summed E-state index contributed by atoms with van der Waals surface area (Å²) in [5.74, 6) is 0.411. The second kappa shape index (κ2) is 8.66. The van der Waals surface area contributed by atoms with Gasteiger partial charge in [-0.15, -0.1) is 0 Å². The Bertz CT molecular complexity index is 677. The first kappa shape index (κ1) is 18.2. The summed E-state index contributed by atoms with van der Waals surface area (Å²) in [4.78, 5) is 18.6. The van der Waals surface area contributed by atoms with Gasteiger partial charge in [0.1, 0.15) is 11.0 Å². The fourth-order valence-corrected chi connectivity index (χ4v) is 2.59. The maximum atomic E-state index is 12.6. The Morgan fingerprint density at radius 1 is 1.29 bits per heavy atom. The van der Waals surface area contributed by atoms with Gasteiger partial charge < -0.3 is 15.3 Å². The molecule has 0 fully saturated rings. The van der Waals surface area contributed by atoms with E-state index >= 15 is 0 Å². The van der Waals surface area contributed by atoms with Crippen LogP contribution < -0.4 is 10.2 Å². The predicted molar refractivity (Wildman–Crippen MR) is 96.5 cm³/mol. The van der Waals surface area contributed by atoms with Gasteiger partial charge in [-0.2, -0.15) is 0 Å². The van der Waals surface area contributed by atoms with E-state index < -0.39 is 0 Å². The molecule has 0 saturated heterocycles. The van der Waals surface area contributed by atoms with Crippen LogP contribution in [0.15, 0.2) is 42.5 Å². The van der Waals surface area contributed by atoms with Crippen molar-refractivity contribution >= 4 is 23.3 Å². The minimum atomic E-state index is -0.214. The van der Waals surface area contributed by atoms with Crippen LogP contribution >= 0.6 is 11.6 Å². The summed E-state index contributed by atoms with van der Waals surface area (Å²) in [7, 11) is 3.68. The van der Waals surface area contributed by atoms with E-state index in [9.17, 15) is 4.79 Å². The van der Waals surface area contributed by atoms with Crippen molar-refractivity contribution in [1.82, 2.24) is 10.3 Å². The predicted octanol–water partition coefficient (Wildman–Crippen LogP) is 3.04. The molecule has 1 aromatic carbocycles. The lowest BCUT2D eigenvalue weighted by atomic mass is 10.0. The molecule has 0 bridgehead atoms. The number of aliphatic hydroxyl groups is 1. The van der Waals surface area contributed by atoms with Gasteiger partial charge in [0.05, 0.1) is 6.04 Å². The van der Waals surface area contributed by atoms with Crippen LogP contribution in [0.4, 0.5) is 5.82 Å². The number of benzene rings is 1. The Morgan fingerprint density at radius 3 is 2.62 bits per heavy atom. The second-order valence-corrected chi connectivity index (χ2v) is 6.12. The highest BCUT2D eigenvalue weighted by Gasteiger charge is 2.17. The lowest BCUT2D eigenvalue weighted by Gasteiger charge is -2.20. The van der Waals surface area contributed by atoms with Gasteiger partial charge in [0.25, 0.3) is 5.91 Å². The van der Waals surface area contributed by atoms with Crippen molar-refractivity contribution in [3.8, 4) is 0 Å². The quantitative estimate of drug-likeness (QED) is 0.755. The molecule has 1 aromatic heterocycles. The Hall–Kier alpha value is -2.11. The number of anilines is 1. The third-order valence-corrected chi connectivity index (χ3v) is 3.85. The van der Waals surface area contributed by atoms with Crippen molar-refractivity contribution in [3.05, 3.63) is 58.7 Å². The van der Waals surface area contributed by atoms with Gasteiger partial charge in [0.15, 0.2) is 0 Å². The minimum absolute atomic E-state index is 0.0884. The zero-order valence-corrected chi connectivity index (χ0v) is 14.6. The van der Waals surface area contributed by atoms with Crippen molar-refractivity contribution in [2.45, 2.75) is 18.9 Å². The minimum Gasteiger partial charge on any atom is -0.396 e. The smallest absolute Gasteiger partial charge is 0.252 e. The normalized spacial score (nSPS) is 11.8. The van der Waals surface area contributed by atoms with Gasteiger partial charge in [-0.3, -0.25) is 4.79 Å². The first-order chi connectivity index (χ1) is 11.5. The fraction of sp³-hybridized carbons (Fsp3) is 0.333. The lowest BCUT2D eigenvalue weighted by Crippen LogP contribution is -2.29. The molecule has 5 nitrogen and oxygen atoms in total. The first-order valence-corrected chi connectivity index (χ1v) is 8.20. The molecule has 1 atom stereocenters. The van der Waals surface area contributed by atoms with Crippen LogP contribution in [-0.4, -0.2) is 36.7 Å². The van der Waals surface area contributed by atoms with Crippen molar-refractivity contribution in [3.63, 3.8) is 0 Å². The van der Waals surface area contributed by atoms with E-state index in [0.29, 0.717) is 24.2 Å². The number of hydrogen-bond acceptors (Lipinski definition) is 4. The molecule has 0 saturated carbocycles. The highest BCUT2D eigenvalue weighted by molar-refractivity contribution is 6.29. The van der Waals surface area contributed by atoms with Gasteiger partial charge in [-0.1, -0.05) is 41.9 Å². The number of aliphatic hydroxyl groups excluding tert-OH is 1. The zero-order valence-electron chi connectivity index (χ0n) is 13.9. The topological polar surface area (TPSA) is 65.5 Å². The third-order valence-electron chi connectivity index (χ3n) is 3.66. The van der Waals surface area contributed by atoms with Crippen LogP contribution in [0.1, 0.15) is 34.8 Å². The monoisotopic (exact) mass is 347 g/mol. The largest absolute Gasteiger partial charge is 0.396 e. The number of nitrogens with one attached hydrogen (secondary N) is 1. The molecule has 0 aliphatic heterocycles. The second-order valence-electron chi connectivity index (χ2n) is 5.73. The van der Waals surface area contributed by atoms with E-state index in [1.54, 1.807) is 17.0 Å². The SMILES string of the molecule is CN(C)c1cc(C(=O)NC(CCCO)c2ccccc2)cc(Cl)n1. The average molecular weight is 348 g/mol. The van der Waals surface area contributed by atoms with Crippen LogP contribution in [0.3, 0.4) is 0 Å². The molecule has 0 spiro atoms. The molecule has 2 aromatic rings. The Kier molecular flexibility index (Phi) is 6.58. The zero-order chi connectivity index (χ0) is 17.5. The highest BCUT2D eigenvalue weighted by Crippen LogP contribution is 2.21. The van der Waals surface area contributed by atoms with Crippen molar-refractivity contribution in [1.29, 1.82) is 0 Å². The van der Waals surface area contributed by atoms with Crippen LogP contribution in [-0.2, 0) is 0 Å².